The lowest BCUT2D eigenvalue weighted by Gasteiger charge is -2.26. The number of imidazole rings is 1. The summed E-state index contributed by atoms with van der Waals surface area (Å²) in [7, 11) is 0. The van der Waals surface area contributed by atoms with E-state index in [1.54, 1.807) is 6.20 Å². The van der Waals surface area contributed by atoms with Crippen LogP contribution >= 0.6 is 0 Å². The molecule has 0 spiro atoms. The molecule has 1 atom stereocenters. The minimum absolute atomic E-state index is 0.0174. The molecule has 2 aromatic carbocycles. The van der Waals surface area contributed by atoms with Gasteiger partial charge in [0.05, 0.1) is 17.2 Å². The highest BCUT2D eigenvalue weighted by Gasteiger charge is 2.30. The molecule has 6 rings (SSSR count). The Bertz CT molecular complexity index is 1510. The molecule has 2 saturated heterocycles. The first-order valence-electron chi connectivity index (χ1n) is 13.2. The number of ether oxygens (including phenoxy) is 1. The second-order valence-electron chi connectivity index (χ2n) is 10.4. The van der Waals surface area contributed by atoms with Gasteiger partial charge in [0.15, 0.2) is 0 Å². The van der Waals surface area contributed by atoms with E-state index < -0.39 is 0 Å². The summed E-state index contributed by atoms with van der Waals surface area (Å²) in [5, 5.41) is 3.50. The molecule has 0 aliphatic carbocycles. The molecule has 2 aliphatic heterocycles. The monoisotopic (exact) mass is 499 g/mol. The minimum atomic E-state index is -0.193. The van der Waals surface area contributed by atoms with Crippen LogP contribution in [0.1, 0.15) is 58.9 Å². The Morgan fingerprint density at radius 2 is 1.89 bits per heavy atom. The van der Waals surface area contributed by atoms with Gasteiger partial charge >= 0.3 is 0 Å². The number of hydrogen-bond acceptors (Lipinski definition) is 5. The molecule has 37 heavy (non-hydrogen) atoms. The molecule has 4 heterocycles. The molecule has 1 amide bonds. The maximum atomic E-state index is 13.8. The highest BCUT2D eigenvalue weighted by molar-refractivity contribution is 5.99. The Labute approximate surface area is 215 Å². The SMILES string of the molecule is Cc1ccc(NC[C@@H]2CCCN2C(=O)c2cc3[nH]c(=O)c4cnc(C5CCOCC5)n4c3cc2C)cc1. The lowest BCUT2D eigenvalue weighted by Crippen LogP contribution is -2.39. The first-order valence-corrected chi connectivity index (χ1v) is 13.2. The number of H-pyrrole nitrogens is 1. The molecule has 2 N–H and O–H groups in total. The fourth-order valence-electron chi connectivity index (χ4n) is 5.79. The normalized spacial score (nSPS) is 18.6. The Kier molecular flexibility index (Phi) is 6.20. The smallest absolute Gasteiger partial charge is 0.274 e. The Balaban J connectivity index is 1.32. The third-order valence-electron chi connectivity index (χ3n) is 7.90. The van der Waals surface area contributed by atoms with Gasteiger partial charge < -0.3 is 19.9 Å². The molecule has 8 nitrogen and oxygen atoms in total. The maximum absolute atomic E-state index is 13.8. The number of aromatic amines is 1. The molecule has 2 aliphatic rings. The number of nitrogens with zero attached hydrogens (tertiary/aromatic N) is 3. The summed E-state index contributed by atoms with van der Waals surface area (Å²) < 4.78 is 7.52. The van der Waals surface area contributed by atoms with Gasteiger partial charge in [0, 0.05) is 49.5 Å². The summed E-state index contributed by atoms with van der Waals surface area (Å²) in [5.41, 5.74) is 5.70. The van der Waals surface area contributed by atoms with Crippen LogP contribution in [-0.2, 0) is 4.74 Å². The quantitative estimate of drug-likeness (QED) is 0.425. The molecule has 192 valence electrons. The molecular formula is C29H33N5O3. The molecule has 4 aromatic rings. The van der Waals surface area contributed by atoms with Gasteiger partial charge in [-0.15, -0.1) is 0 Å². The highest BCUT2D eigenvalue weighted by Crippen LogP contribution is 2.30. The van der Waals surface area contributed by atoms with Crippen molar-refractivity contribution >= 4 is 28.1 Å². The number of carbonyl (C=O) groups is 1. The first-order chi connectivity index (χ1) is 18.0. The Hall–Kier alpha value is -3.65. The van der Waals surface area contributed by atoms with Gasteiger partial charge in [0.1, 0.15) is 11.3 Å². The van der Waals surface area contributed by atoms with Crippen molar-refractivity contribution in [3.8, 4) is 0 Å². The van der Waals surface area contributed by atoms with Crippen molar-refractivity contribution in [3.63, 3.8) is 0 Å². The van der Waals surface area contributed by atoms with Gasteiger partial charge in [-0.1, -0.05) is 17.7 Å². The van der Waals surface area contributed by atoms with E-state index in [-0.39, 0.29) is 23.4 Å². The molecule has 2 fully saturated rings. The third kappa shape index (κ3) is 4.39. The van der Waals surface area contributed by atoms with E-state index in [2.05, 4.69) is 46.5 Å². The summed E-state index contributed by atoms with van der Waals surface area (Å²) in [6.07, 6.45) is 5.39. The average Bonchev–Trinajstić information content (AvgIpc) is 3.57. The van der Waals surface area contributed by atoms with Gasteiger partial charge in [-0.3, -0.25) is 14.0 Å². The number of carbonyl (C=O) groups excluding carboxylic acids is 1. The first kappa shape index (κ1) is 23.7. The van der Waals surface area contributed by atoms with Crippen LogP contribution in [0.3, 0.4) is 0 Å². The fraction of sp³-hybridized carbons (Fsp3) is 0.414. The molecule has 0 saturated carbocycles. The van der Waals surface area contributed by atoms with Gasteiger partial charge in [-0.05, 0) is 69.4 Å². The van der Waals surface area contributed by atoms with Crippen molar-refractivity contribution in [2.24, 2.45) is 0 Å². The van der Waals surface area contributed by atoms with Crippen molar-refractivity contribution in [2.75, 3.05) is 31.6 Å². The number of anilines is 1. The number of aromatic nitrogens is 3. The van der Waals surface area contributed by atoms with Crippen molar-refractivity contribution in [1.82, 2.24) is 19.3 Å². The number of likely N-dealkylation sites (tertiary alicyclic amines) is 1. The van der Waals surface area contributed by atoms with Gasteiger partial charge in [-0.2, -0.15) is 0 Å². The topological polar surface area (TPSA) is 91.7 Å². The Morgan fingerprint density at radius 1 is 1.11 bits per heavy atom. The predicted octanol–water partition coefficient (Wildman–Crippen LogP) is 4.40. The summed E-state index contributed by atoms with van der Waals surface area (Å²) in [5.74, 6) is 1.16. The standard InChI is InChI=1S/C29H33N5O3/c1-18-5-7-21(8-6-18)30-16-22-4-3-11-33(22)29(36)23-15-24-25(14-19(23)2)34-26(28(35)32-24)17-31-27(34)20-9-12-37-13-10-20/h5-8,14-15,17,20,22,30H,3-4,9-13,16H2,1-2H3,(H,32,35)/t22-/m0/s1. The predicted molar refractivity (Wildman–Crippen MR) is 145 cm³/mol. The number of fused-ring (bicyclic) bond motifs is 3. The van der Waals surface area contributed by atoms with E-state index in [0.717, 1.165) is 54.8 Å². The van der Waals surface area contributed by atoms with Crippen molar-refractivity contribution in [1.29, 1.82) is 0 Å². The number of hydrogen-bond donors (Lipinski definition) is 2. The number of aryl methyl sites for hydroxylation is 2. The second-order valence-corrected chi connectivity index (χ2v) is 10.4. The van der Waals surface area contributed by atoms with Crippen LogP contribution in [0.25, 0.3) is 16.6 Å². The maximum Gasteiger partial charge on any atom is 0.274 e. The molecule has 2 aromatic heterocycles. The summed E-state index contributed by atoms with van der Waals surface area (Å²) in [4.78, 5) is 36.4. The van der Waals surface area contributed by atoms with E-state index in [1.165, 1.54) is 5.56 Å². The van der Waals surface area contributed by atoms with Gasteiger partial charge in [0.25, 0.3) is 11.5 Å². The molecular weight excluding hydrogens is 466 g/mol. The van der Waals surface area contributed by atoms with E-state index >= 15 is 0 Å². The minimum Gasteiger partial charge on any atom is -0.383 e. The molecule has 0 radical (unpaired) electrons. The van der Waals surface area contributed by atoms with E-state index in [1.807, 2.05) is 28.4 Å². The molecule has 8 heteroatoms. The van der Waals surface area contributed by atoms with Crippen LogP contribution in [-0.4, -0.2) is 57.5 Å². The van der Waals surface area contributed by atoms with E-state index in [9.17, 15) is 9.59 Å². The van der Waals surface area contributed by atoms with Crippen LogP contribution in [0, 0.1) is 13.8 Å². The molecule has 0 unspecified atom stereocenters. The van der Waals surface area contributed by atoms with Crippen molar-refractivity contribution < 1.29 is 9.53 Å². The zero-order valence-electron chi connectivity index (χ0n) is 21.4. The summed E-state index contributed by atoms with van der Waals surface area (Å²) >= 11 is 0. The fourth-order valence-corrected chi connectivity index (χ4v) is 5.79. The van der Waals surface area contributed by atoms with Crippen LogP contribution < -0.4 is 10.9 Å². The van der Waals surface area contributed by atoms with Gasteiger partial charge in [-0.25, -0.2) is 4.98 Å². The highest BCUT2D eigenvalue weighted by atomic mass is 16.5. The summed E-state index contributed by atoms with van der Waals surface area (Å²) in [6.45, 7) is 6.90. The van der Waals surface area contributed by atoms with Crippen LogP contribution in [0.4, 0.5) is 5.69 Å². The van der Waals surface area contributed by atoms with Crippen molar-refractivity contribution in [3.05, 3.63) is 75.5 Å². The van der Waals surface area contributed by atoms with E-state index in [4.69, 9.17) is 4.74 Å². The van der Waals surface area contributed by atoms with Crippen LogP contribution in [0.15, 0.2) is 47.4 Å². The zero-order chi connectivity index (χ0) is 25.5. The number of amides is 1. The van der Waals surface area contributed by atoms with Crippen LogP contribution in [0.2, 0.25) is 0 Å². The number of rotatable bonds is 5. The third-order valence-corrected chi connectivity index (χ3v) is 7.90. The second kappa shape index (κ2) is 9.67. The number of nitrogens with one attached hydrogen (secondary N) is 2. The lowest BCUT2D eigenvalue weighted by atomic mass is 9.99. The number of benzene rings is 2. The average molecular weight is 500 g/mol. The van der Waals surface area contributed by atoms with E-state index in [0.29, 0.717) is 36.4 Å². The zero-order valence-corrected chi connectivity index (χ0v) is 21.4. The summed E-state index contributed by atoms with van der Waals surface area (Å²) in [6, 6.07) is 12.3. The molecule has 0 bridgehead atoms. The Morgan fingerprint density at radius 3 is 2.68 bits per heavy atom. The lowest BCUT2D eigenvalue weighted by molar-refractivity contribution is 0.0743. The van der Waals surface area contributed by atoms with Crippen molar-refractivity contribution in [2.45, 2.75) is 51.5 Å². The largest absolute Gasteiger partial charge is 0.383 e. The van der Waals surface area contributed by atoms with Crippen LogP contribution in [0.5, 0.6) is 0 Å². The van der Waals surface area contributed by atoms with Gasteiger partial charge in [0.2, 0.25) is 0 Å².